The molecule has 106 valence electrons. The standard InChI is InChI=1S/C17H15BrN2S/c1-10-7-12(8-11(2)16(10)18)17-20-15(9-21-17)13-5-3-4-6-14(13)19/h3-9H,19H2,1-2H3. The average Bonchev–Trinajstić information content (AvgIpc) is 2.94. The number of nitrogens with two attached hydrogens (primary N) is 1. The molecule has 0 aliphatic heterocycles. The van der Waals surface area contributed by atoms with Gasteiger partial charge in [-0.3, -0.25) is 0 Å². The van der Waals surface area contributed by atoms with Crippen molar-refractivity contribution in [2.75, 3.05) is 5.73 Å². The maximum absolute atomic E-state index is 6.03. The van der Waals surface area contributed by atoms with E-state index in [1.165, 1.54) is 11.1 Å². The molecular weight excluding hydrogens is 344 g/mol. The van der Waals surface area contributed by atoms with Crippen LogP contribution in [0.1, 0.15) is 11.1 Å². The normalized spacial score (nSPS) is 10.8. The zero-order valence-corrected chi connectivity index (χ0v) is 14.3. The van der Waals surface area contributed by atoms with Crippen molar-refractivity contribution < 1.29 is 0 Å². The van der Waals surface area contributed by atoms with Gasteiger partial charge < -0.3 is 5.73 Å². The molecule has 21 heavy (non-hydrogen) atoms. The summed E-state index contributed by atoms with van der Waals surface area (Å²) in [5.74, 6) is 0. The molecule has 0 unspecified atom stereocenters. The highest BCUT2D eigenvalue weighted by Crippen LogP contribution is 2.34. The van der Waals surface area contributed by atoms with E-state index in [1.54, 1.807) is 11.3 Å². The predicted molar refractivity (Wildman–Crippen MR) is 94.6 cm³/mol. The Kier molecular flexibility index (Phi) is 3.83. The number of nitrogen functional groups attached to an aromatic ring is 1. The maximum atomic E-state index is 6.03. The van der Waals surface area contributed by atoms with E-state index < -0.39 is 0 Å². The second-order valence-electron chi connectivity index (χ2n) is 5.05. The van der Waals surface area contributed by atoms with Crippen molar-refractivity contribution in [3.8, 4) is 21.8 Å². The smallest absolute Gasteiger partial charge is 0.124 e. The molecule has 1 heterocycles. The lowest BCUT2D eigenvalue weighted by Crippen LogP contribution is -1.89. The van der Waals surface area contributed by atoms with E-state index in [0.717, 1.165) is 32.0 Å². The number of thiazole rings is 1. The fourth-order valence-corrected chi connectivity index (χ4v) is 3.37. The quantitative estimate of drug-likeness (QED) is 0.619. The Morgan fingerprint density at radius 1 is 1.10 bits per heavy atom. The lowest BCUT2D eigenvalue weighted by atomic mass is 10.1. The zero-order chi connectivity index (χ0) is 15.0. The van der Waals surface area contributed by atoms with Crippen LogP contribution in [0.25, 0.3) is 21.8 Å². The van der Waals surface area contributed by atoms with E-state index in [4.69, 9.17) is 10.7 Å². The first kappa shape index (κ1) is 14.3. The fraction of sp³-hybridized carbons (Fsp3) is 0.118. The maximum Gasteiger partial charge on any atom is 0.124 e. The molecule has 0 saturated heterocycles. The second kappa shape index (κ2) is 5.62. The number of aryl methyl sites for hydroxylation is 2. The van der Waals surface area contributed by atoms with Crippen LogP contribution < -0.4 is 5.73 Å². The SMILES string of the molecule is Cc1cc(-c2nc(-c3ccccc3N)cs2)cc(C)c1Br. The molecule has 3 aromatic rings. The minimum Gasteiger partial charge on any atom is -0.398 e. The van der Waals surface area contributed by atoms with Gasteiger partial charge in [0.15, 0.2) is 0 Å². The summed E-state index contributed by atoms with van der Waals surface area (Å²) in [6.45, 7) is 4.20. The van der Waals surface area contributed by atoms with Crippen LogP contribution in [0.3, 0.4) is 0 Å². The third kappa shape index (κ3) is 2.74. The van der Waals surface area contributed by atoms with Gasteiger partial charge in [0.1, 0.15) is 5.01 Å². The van der Waals surface area contributed by atoms with E-state index >= 15 is 0 Å². The molecule has 2 aromatic carbocycles. The largest absolute Gasteiger partial charge is 0.398 e. The third-order valence-corrected chi connectivity index (χ3v) is 5.57. The van der Waals surface area contributed by atoms with Crippen LogP contribution >= 0.6 is 27.3 Å². The van der Waals surface area contributed by atoms with Crippen LogP contribution in [0.2, 0.25) is 0 Å². The van der Waals surface area contributed by atoms with Gasteiger partial charge in [-0.25, -0.2) is 4.98 Å². The van der Waals surface area contributed by atoms with Gasteiger partial charge in [-0.1, -0.05) is 34.1 Å². The molecule has 0 fully saturated rings. The molecule has 0 amide bonds. The van der Waals surface area contributed by atoms with Crippen molar-refractivity contribution in [3.05, 3.63) is 57.4 Å². The Balaban J connectivity index is 2.05. The predicted octanol–water partition coefficient (Wildman–Crippen LogP) is 5.44. The zero-order valence-electron chi connectivity index (χ0n) is 11.9. The van der Waals surface area contributed by atoms with Gasteiger partial charge in [0.2, 0.25) is 0 Å². The number of para-hydroxylation sites is 1. The first-order valence-corrected chi connectivity index (χ1v) is 8.31. The number of aromatic nitrogens is 1. The number of hydrogen-bond acceptors (Lipinski definition) is 3. The van der Waals surface area contributed by atoms with Crippen molar-refractivity contribution in [1.82, 2.24) is 4.98 Å². The topological polar surface area (TPSA) is 38.9 Å². The molecule has 0 bridgehead atoms. The molecule has 0 aliphatic carbocycles. The molecule has 2 nitrogen and oxygen atoms in total. The van der Waals surface area contributed by atoms with Gasteiger partial charge in [0.05, 0.1) is 5.69 Å². The van der Waals surface area contributed by atoms with Crippen molar-refractivity contribution in [2.45, 2.75) is 13.8 Å². The van der Waals surface area contributed by atoms with Gasteiger partial charge in [0.25, 0.3) is 0 Å². The molecule has 1 aromatic heterocycles. The number of hydrogen-bond donors (Lipinski definition) is 1. The summed E-state index contributed by atoms with van der Waals surface area (Å²) >= 11 is 5.25. The van der Waals surface area contributed by atoms with Crippen LogP contribution in [0.15, 0.2) is 46.3 Å². The lowest BCUT2D eigenvalue weighted by molar-refractivity contribution is 1.32. The Hall–Kier alpha value is -1.65. The van der Waals surface area contributed by atoms with Crippen molar-refractivity contribution >= 4 is 33.0 Å². The Bertz CT molecular complexity index is 785. The highest BCUT2D eigenvalue weighted by atomic mass is 79.9. The number of anilines is 1. The van der Waals surface area contributed by atoms with Crippen LogP contribution in [0.4, 0.5) is 5.69 Å². The summed E-state index contributed by atoms with van der Waals surface area (Å²) in [5.41, 5.74) is 12.3. The molecule has 0 spiro atoms. The Morgan fingerprint density at radius 2 is 1.76 bits per heavy atom. The number of rotatable bonds is 2. The number of halogens is 1. The summed E-state index contributed by atoms with van der Waals surface area (Å²) in [6.07, 6.45) is 0. The first-order chi connectivity index (χ1) is 10.1. The summed E-state index contributed by atoms with van der Waals surface area (Å²) in [7, 11) is 0. The molecule has 0 atom stereocenters. The Morgan fingerprint density at radius 3 is 2.43 bits per heavy atom. The molecule has 0 aliphatic rings. The molecular formula is C17H15BrN2S. The van der Waals surface area contributed by atoms with Crippen LogP contribution in [0, 0.1) is 13.8 Å². The van der Waals surface area contributed by atoms with Crippen LogP contribution in [0.5, 0.6) is 0 Å². The van der Waals surface area contributed by atoms with Crippen molar-refractivity contribution in [1.29, 1.82) is 0 Å². The van der Waals surface area contributed by atoms with Crippen molar-refractivity contribution in [3.63, 3.8) is 0 Å². The van der Waals surface area contributed by atoms with E-state index in [2.05, 4.69) is 47.3 Å². The van der Waals surface area contributed by atoms with Crippen molar-refractivity contribution in [2.24, 2.45) is 0 Å². The van der Waals surface area contributed by atoms with Gasteiger partial charge in [-0.05, 0) is 43.2 Å². The number of nitrogens with zero attached hydrogens (tertiary/aromatic N) is 1. The van der Waals surface area contributed by atoms with Gasteiger partial charge in [-0.2, -0.15) is 0 Å². The second-order valence-corrected chi connectivity index (χ2v) is 6.70. The summed E-state index contributed by atoms with van der Waals surface area (Å²) in [6, 6.07) is 12.2. The molecule has 0 radical (unpaired) electrons. The van der Waals surface area contributed by atoms with Crippen LogP contribution in [-0.4, -0.2) is 4.98 Å². The van der Waals surface area contributed by atoms with E-state index in [0.29, 0.717) is 0 Å². The first-order valence-electron chi connectivity index (χ1n) is 6.64. The summed E-state index contributed by atoms with van der Waals surface area (Å²) < 4.78 is 1.16. The highest BCUT2D eigenvalue weighted by Gasteiger charge is 2.10. The van der Waals surface area contributed by atoms with Gasteiger partial charge in [0, 0.05) is 26.7 Å². The summed E-state index contributed by atoms with van der Waals surface area (Å²) in [5, 5.41) is 3.08. The van der Waals surface area contributed by atoms with Gasteiger partial charge >= 0.3 is 0 Å². The average molecular weight is 359 g/mol. The summed E-state index contributed by atoms with van der Waals surface area (Å²) in [4.78, 5) is 4.75. The minimum atomic E-state index is 0.762. The Labute approximate surface area is 136 Å². The van der Waals surface area contributed by atoms with E-state index in [1.807, 2.05) is 24.3 Å². The highest BCUT2D eigenvalue weighted by molar-refractivity contribution is 9.10. The van der Waals surface area contributed by atoms with Gasteiger partial charge in [-0.15, -0.1) is 11.3 Å². The van der Waals surface area contributed by atoms with E-state index in [-0.39, 0.29) is 0 Å². The molecule has 0 saturated carbocycles. The van der Waals surface area contributed by atoms with E-state index in [9.17, 15) is 0 Å². The lowest BCUT2D eigenvalue weighted by Gasteiger charge is -2.06. The van der Waals surface area contributed by atoms with Crippen LogP contribution in [-0.2, 0) is 0 Å². The molecule has 2 N–H and O–H groups in total. The third-order valence-electron chi connectivity index (χ3n) is 3.42. The molecule has 4 heteroatoms. The minimum absolute atomic E-state index is 0.762. The monoisotopic (exact) mass is 358 g/mol. The fourth-order valence-electron chi connectivity index (χ4n) is 2.33. The molecule has 3 rings (SSSR count). The number of benzene rings is 2.